The summed E-state index contributed by atoms with van der Waals surface area (Å²) in [5.74, 6) is -0.487. The summed E-state index contributed by atoms with van der Waals surface area (Å²) >= 11 is 0. The van der Waals surface area contributed by atoms with Crippen LogP contribution in [0.1, 0.15) is 24.0 Å². The summed E-state index contributed by atoms with van der Waals surface area (Å²) in [6.45, 7) is 0. The highest BCUT2D eigenvalue weighted by Crippen LogP contribution is 2.55. The molecule has 2 fully saturated rings. The van der Waals surface area contributed by atoms with Crippen molar-refractivity contribution in [2.45, 2.75) is 25.0 Å². The van der Waals surface area contributed by atoms with Crippen LogP contribution >= 0.6 is 0 Å². The summed E-state index contributed by atoms with van der Waals surface area (Å²) < 4.78 is 58.6. The number of rotatable bonds is 6. The highest BCUT2D eigenvalue weighted by Gasteiger charge is 2.56. The van der Waals surface area contributed by atoms with Gasteiger partial charge < -0.3 is 0 Å². The molecule has 6 nitrogen and oxygen atoms in total. The van der Waals surface area contributed by atoms with Crippen molar-refractivity contribution >= 4 is 25.8 Å². The van der Waals surface area contributed by atoms with Gasteiger partial charge >= 0.3 is 0 Å². The first-order valence-electron chi connectivity index (χ1n) is 9.75. The lowest BCUT2D eigenvalue weighted by Crippen LogP contribution is -2.39. The van der Waals surface area contributed by atoms with Crippen LogP contribution in [-0.2, 0) is 28.6 Å². The second-order valence-corrected chi connectivity index (χ2v) is 11.1. The Bertz CT molecular complexity index is 1060. The van der Waals surface area contributed by atoms with Crippen molar-refractivity contribution in [2.75, 3.05) is 12.5 Å². The Kier molecular flexibility index (Phi) is 5.61. The molecule has 2 aromatic rings. The maximum Gasteiger partial charge on any atom is 0.264 e. The molecular weight excluding hydrogens is 424 g/mol. The molecule has 2 aromatic carbocycles. The van der Waals surface area contributed by atoms with E-state index < -0.39 is 32.4 Å². The van der Waals surface area contributed by atoms with E-state index in [1.54, 1.807) is 0 Å². The van der Waals surface area contributed by atoms with Gasteiger partial charge in [0.25, 0.3) is 20.2 Å². The molecule has 0 saturated heterocycles. The lowest BCUT2D eigenvalue weighted by Gasteiger charge is -2.28. The maximum atomic E-state index is 11.9. The van der Waals surface area contributed by atoms with Crippen LogP contribution in [0.3, 0.4) is 0 Å². The van der Waals surface area contributed by atoms with Crippen molar-refractivity contribution in [1.29, 1.82) is 0 Å². The van der Waals surface area contributed by atoms with Crippen LogP contribution in [0.15, 0.2) is 66.2 Å². The molecule has 2 bridgehead atoms. The number of benzene rings is 2. The van der Waals surface area contributed by atoms with Crippen LogP contribution < -0.4 is 0 Å². The van der Waals surface area contributed by atoms with Gasteiger partial charge in [-0.15, -0.1) is 0 Å². The molecule has 4 rings (SSSR count). The summed E-state index contributed by atoms with van der Waals surface area (Å²) in [5, 5.41) is 0. The Morgan fingerprint density at radius 1 is 0.700 bits per heavy atom. The van der Waals surface area contributed by atoms with Crippen molar-refractivity contribution in [3.63, 3.8) is 0 Å². The fraction of sp³-hybridized carbons (Fsp3) is 0.364. The number of hydrogen-bond donors (Lipinski definition) is 0. The van der Waals surface area contributed by atoms with Crippen molar-refractivity contribution in [2.24, 2.45) is 11.8 Å². The third-order valence-corrected chi connectivity index (χ3v) is 6.83. The van der Waals surface area contributed by atoms with Gasteiger partial charge in [-0.25, -0.2) is 0 Å². The standard InChI is InChI=1S/C22H24O6S2/c1-29(23,24)27-21-17-13-14-18(22(21)28-30(2,25)26)20(17)19(15-9-5-3-6-10-15)16-11-7-4-8-12-16/h3-12,17-18,21-22H,13-14H2,1-2H3/t17-,18-,21-,22+/m1/s1. The average Bonchev–Trinajstić information content (AvgIpc) is 3.19. The second-order valence-electron chi connectivity index (χ2n) is 7.88. The molecule has 0 unspecified atom stereocenters. The van der Waals surface area contributed by atoms with E-state index in [2.05, 4.69) is 0 Å². The van der Waals surface area contributed by atoms with E-state index in [0.717, 1.165) is 34.8 Å². The second kappa shape index (κ2) is 7.92. The molecule has 8 heteroatoms. The SMILES string of the molecule is CS(=O)(=O)O[C@@H]1[C@H](OS(C)(=O)=O)[C@@H]2CC[C@@H]1C2=C(c1ccccc1)c1ccccc1. The molecule has 2 aliphatic carbocycles. The van der Waals surface area contributed by atoms with Crippen molar-refractivity contribution < 1.29 is 25.2 Å². The fourth-order valence-electron chi connectivity index (χ4n) is 4.81. The van der Waals surface area contributed by atoms with E-state index in [0.29, 0.717) is 12.8 Å². The Balaban J connectivity index is 1.91. The van der Waals surface area contributed by atoms with Gasteiger partial charge in [0, 0.05) is 11.8 Å². The molecule has 4 atom stereocenters. The largest absolute Gasteiger partial charge is 0.264 e. The zero-order valence-electron chi connectivity index (χ0n) is 16.8. The van der Waals surface area contributed by atoms with Crippen LogP contribution in [0.2, 0.25) is 0 Å². The van der Waals surface area contributed by atoms with Crippen molar-refractivity contribution in [1.82, 2.24) is 0 Å². The van der Waals surface area contributed by atoms with Gasteiger partial charge in [0.15, 0.2) is 0 Å². The molecule has 0 aliphatic heterocycles. The van der Waals surface area contributed by atoms with Gasteiger partial charge in [0.05, 0.1) is 12.5 Å². The zero-order chi connectivity index (χ0) is 21.5. The van der Waals surface area contributed by atoms with E-state index in [9.17, 15) is 16.8 Å². The number of hydrogen-bond acceptors (Lipinski definition) is 6. The minimum atomic E-state index is -3.79. The average molecular weight is 449 g/mol. The van der Waals surface area contributed by atoms with Gasteiger partial charge in [-0.1, -0.05) is 66.2 Å². The highest BCUT2D eigenvalue weighted by molar-refractivity contribution is 7.86. The molecule has 2 aliphatic rings. The summed E-state index contributed by atoms with van der Waals surface area (Å²) in [5.41, 5.74) is 3.99. The van der Waals surface area contributed by atoms with Crippen LogP contribution in [-0.4, -0.2) is 41.6 Å². The third-order valence-electron chi connectivity index (χ3n) is 5.69. The lowest BCUT2D eigenvalue weighted by atomic mass is 9.88. The molecular formula is C22H24O6S2. The highest BCUT2D eigenvalue weighted by atomic mass is 32.2. The molecule has 0 heterocycles. The Labute approximate surface area is 177 Å². The topological polar surface area (TPSA) is 86.7 Å². The minimum absolute atomic E-state index is 0.244. The summed E-state index contributed by atoms with van der Waals surface area (Å²) in [7, 11) is -7.59. The van der Waals surface area contributed by atoms with Crippen molar-refractivity contribution in [3.8, 4) is 0 Å². The maximum absolute atomic E-state index is 11.9. The van der Waals surface area contributed by atoms with Crippen molar-refractivity contribution in [3.05, 3.63) is 77.4 Å². The Morgan fingerprint density at radius 3 is 1.40 bits per heavy atom. The first kappa shape index (κ1) is 21.2. The molecule has 30 heavy (non-hydrogen) atoms. The first-order valence-corrected chi connectivity index (χ1v) is 13.4. The first-order chi connectivity index (χ1) is 14.1. The fourth-order valence-corrected chi connectivity index (χ4v) is 6.11. The van der Waals surface area contributed by atoms with E-state index >= 15 is 0 Å². The Hall–Kier alpha value is -2.00. The molecule has 0 radical (unpaired) electrons. The van der Waals surface area contributed by atoms with Gasteiger partial charge in [0.1, 0.15) is 12.2 Å². The predicted octanol–water partition coefficient (Wildman–Crippen LogP) is 3.22. The molecule has 0 aromatic heterocycles. The Morgan fingerprint density at radius 2 is 1.07 bits per heavy atom. The quantitative estimate of drug-likeness (QED) is 0.631. The smallest absolute Gasteiger partial charge is 0.264 e. The van der Waals surface area contributed by atoms with Gasteiger partial charge in [-0.05, 0) is 29.5 Å². The lowest BCUT2D eigenvalue weighted by molar-refractivity contribution is 0.0245. The molecule has 2 saturated carbocycles. The van der Waals surface area contributed by atoms with E-state index in [1.165, 1.54) is 0 Å². The van der Waals surface area contributed by atoms with E-state index in [4.69, 9.17) is 8.37 Å². The van der Waals surface area contributed by atoms with Crippen LogP contribution in [0.4, 0.5) is 0 Å². The molecule has 160 valence electrons. The summed E-state index contributed by atoms with van der Waals surface area (Å²) in [6, 6.07) is 19.7. The van der Waals surface area contributed by atoms with E-state index in [-0.39, 0.29) is 11.8 Å². The van der Waals surface area contributed by atoms with Crippen LogP contribution in [0, 0.1) is 11.8 Å². The molecule has 0 spiro atoms. The number of fused-ring (bicyclic) bond motifs is 2. The predicted molar refractivity (Wildman–Crippen MR) is 115 cm³/mol. The zero-order valence-corrected chi connectivity index (χ0v) is 18.4. The van der Waals surface area contributed by atoms with Gasteiger partial charge in [-0.2, -0.15) is 16.8 Å². The normalized spacial score (nSPS) is 26.1. The summed E-state index contributed by atoms with van der Waals surface area (Å²) in [6.07, 6.45) is 1.65. The molecule has 0 N–H and O–H groups in total. The van der Waals surface area contributed by atoms with Crippen LogP contribution in [0.5, 0.6) is 0 Å². The van der Waals surface area contributed by atoms with Crippen LogP contribution in [0.25, 0.3) is 5.57 Å². The summed E-state index contributed by atoms with van der Waals surface area (Å²) in [4.78, 5) is 0. The van der Waals surface area contributed by atoms with E-state index in [1.807, 2.05) is 60.7 Å². The molecule has 0 amide bonds. The van der Waals surface area contributed by atoms with Gasteiger partial charge in [-0.3, -0.25) is 8.37 Å². The monoisotopic (exact) mass is 448 g/mol. The minimum Gasteiger partial charge on any atom is -0.264 e. The van der Waals surface area contributed by atoms with Gasteiger partial charge in [0.2, 0.25) is 0 Å². The third kappa shape index (κ3) is 4.37.